The molecule has 1 aliphatic carbocycles. The molecule has 0 unspecified atom stereocenters. The van der Waals surface area contributed by atoms with E-state index in [1.807, 2.05) is 11.8 Å². The summed E-state index contributed by atoms with van der Waals surface area (Å²) in [5, 5.41) is 3.77. The smallest absolute Gasteiger partial charge is 0.243 e. The lowest BCUT2D eigenvalue weighted by atomic mass is 9.99. The minimum atomic E-state index is -3.52. The van der Waals surface area contributed by atoms with Gasteiger partial charge in [0, 0.05) is 30.6 Å². The Labute approximate surface area is 167 Å². The van der Waals surface area contributed by atoms with Crippen molar-refractivity contribution in [2.45, 2.75) is 55.1 Å². The fourth-order valence-corrected chi connectivity index (χ4v) is 6.66. The maximum Gasteiger partial charge on any atom is 0.243 e. The van der Waals surface area contributed by atoms with Crippen LogP contribution in [0, 0.1) is 5.92 Å². The van der Waals surface area contributed by atoms with Gasteiger partial charge in [0.1, 0.15) is 0 Å². The second kappa shape index (κ2) is 9.94. The van der Waals surface area contributed by atoms with Crippen LogP contribution in [0.4, 0.5) is 0 Å². The fourth-order valence-electron chi connectivity index (χ4n) is 3.89. The van der Waals surface area contributed by atoms with Gasteiger partial charge in [0.2, 0.25) is 15.9 Å². The molecule has 1 aromatic carbocycles. The normalized spacial score (nSPS) is 22.4. The molecule has 150 valence electrons. The fraction of sp³-hybridized carbons (Fsp3) is 0.650. The number of thioether (sulfide) groups is 1. The highest BCUT2D eigenvalue weighted by molar-refractivity contribution is 7.99. The average Bonchev–Trinajstić information content (AvgIpc) is 2.72. The van der Waals surface area contributed by atoms with Crippen LogP contribution < -0.4 is 5.32 Å². The third-order valence-electron chi connectivity index (χ3n) is 5.44. The number of hydrogen-bond acceptors (Lipinski definition) is 4. The van der Waals surface area contributed by atoms with E-state index in [2.05, 4.69) is 5.32 Å². The lowest BCUT2D eigenvalue weighted by Crippen LogP contribution is -2.45. The van der Waals surface area contributed by atoms with E-state index in [0.717, 1.165) is 23.8 Å². The molecule has 0 aromatic heterocycles. The van der Waals surface area contributed by atoms with Crippen LogP contribution in [0.5, 0.6) is 0 Å². The van der Waals surface area contributed by atoms with E-state index < -0.39 is 10.0 Å². The van der Waals surface area contributed by atoms with Crippen LogP contribution in [0.1, 0.15) is 44.9 Å². The van der Waals surface area contributed by atoms with Crippen LogP contribution in [-0.2, 0) is 14.8 Å². The number of carbonyl (C=O) groups is 1. The molecule has 2 fully saturated rings. The summed E-state index contributed by atoms with van der Waals surface area (Å²) in [4.78, 5) is 12.8. The molecule has 1 aliphatic heterocycles. The molecule has 27 heavy (non-hydrogen) atoms. The summed E-state index contributed by atoms with van der Waals surface area (Å²) in [6, 6.07) is 8.48. The maximum atomic E-state index is 12.8. The van der Waals surface area contributed by atoms with E-state index in [0.29, 0.717) is 18.0 Å². The van der Waals surface area contributed by atoms with Gasteiger partial charge < -0.3 is 5.32 Å². The van der Waals surface area contributed by atoms with Gasteiger partial charge in [0.05, 0.1) is 10.8 Å². The highest BCUT2D eigenvalue weighted by Gasteiger charge is 2.33. The summed E-state index contributed by atoms with van der Waals surface area (Å²) in [7, 11) is -3.52. The van der Waals surface area contributed by atoms with Gasteiger partial charge in [-0.2, -0.15) is 16.1 Å². The molecule has 3 rings (SSSR count). The number of piperidine rings is 1. The molecule has 5 nitrogen and oxygen atoms in total. The predicted molar refractivity (Wildman–Crippen MR) is 110 cm³/mol. The first kappa shape index (κ1) is 20.7. The van der Waals surface area contributed by atoms with Crippen LogP contribution in [0.2, 0.25) is 0 Å². The predicted octanol–water partition coefficient (Wildman–Crippen LogP) is 3.27. The monoisotopic (exact) mass is 410 g/mol. The first-order valence-electron chi connectivity index (χ1n) is 10.0. The molecule has 1 saturated carbocycles. The van der Waals surface area contributed by atoms with Crippen molar-refractivity contribution in [1.29, 1.82) is 0 Å². The molecule has 1 N–H and O–H groups in total. The minimum absolute atomic E-state index is 0.00722. The number of amides is 1. The zero-order chi connectivity index (χ0) is 19.1. The summed E-state index contributed by atoms with van der Waals surface area (Å²) in [6.45, 7) is 1.43. The number of sulfonamides is 1. The van der Waals surface area contributed by atoms with Crippen LogP contribution in [0.25, 0.3) is 0 Å². The van der Waals surface area contributed by atoms with Crippen LogP contribution in [0.15, 0.2) is 35.2 Å². The molecular formula is C20H30N2O3S2. The Morgan fingerprint density at radius 2 is 1.81 bits per heavy atom. The van der Waals surface area contributed by atoms with E-state index in [-0.39, 0.29) is 18.4 Å². The van der Waals surface area contributed by atoms with Crippen molar-refractivity contribution in [2.24, 2.45) is 5.92 Å². The number of carbonyl (C=O) groups excluding carboxylic acids is 1. The molecule has 0 spiro atoms. The standard InChI is InChI=1S/C20H30N2O3S2/c23-20(21-13-15-26-18-9-3-1-4-10-18)17-8-7-14-22(16-17)27(24,25)19-11-5-2-6-12-19/h2,5-6,11-12,17-18H,1,3-4,7-10,13-16H2,(H,21,23)/t17-/m0/s1. The molecule has 1 saturated heterocycles. The number of hydrogen-bond donors (Lipinski definition) is 1. The summed E-state index contributed by atoms with van der Waals surface area (Å²) in [5.41, 5.74) is 0. The Balaban J connectivity index is 1.46. The molecule has 1 heterocycles. The van der Waals surface area contributed by atoms with Gasteiger partial charge in [0.15, 0.2) is 0 Å². The first-order valence-corrected chi connectivity index (χ1v) is 12.5. The Bertz CT molecular complexity index is 703. The maximum absolute atomic E-state index is 12.8. The van der Waals surface area contributed by atoms with Crippen molar-refractivity contribution in [3.63, 3.8) is 0 Å². The largest absolute Gasteiger partial charge is 0.355 e. The quantitative estimate of drug-likeness (QED) is 0.701. The molecule has 0 bridgehead atoms. The summed E-state index contributed by atoms with van der Waals surface area (Å²) in [6.07, 6.45) is 8.10. The molecular weight excluding hydrogens is 380 g/mol. The zero-order valence-corrected chi connectivity index (χ0v) is 17.4. The lowest BCUT2D eigenvalue weighted by molar-refractivity contribution is -0.125. The Kier molecular flexibility index (Phi) is 7.61. The second-order valence-electron chi connectivity index (χ2n) is 7.44. The van der Waals surface area contributed by atoms with Gasteiger partial charge in [-0.15, -0.1) is 0 Å². The summed E-state index contributed by atoms with van der Waals surface area (Å²) < 4.78 is 27.0. The summed E-state index contributed by atoms with van der Waals surface area (Å²) >= 11 is 1.97. The van der Waals surface area contributed by atoms with Crippen molar-refractivity contribution in [3.8, 4) is 0 Å². The molecule has 1 atom stereocenters. The van der Waals surface area contributed by atoms with Crippen molar-refractivity contribution in [2.75, 3.05) is 25.4 Å². The van der Waals surface area contributed by atoms with Gasteiger partial charge in [-0.1, -0.05) is 37.5 Å². The minimum Gasteiger partial charge on any atom is -0.355 e. The van der Waals surface area contributed by atoms with Crippen molar-refractivity contribution in [3.05, 3.63) is 30.3 Å². The van der Waals surface area contributed by atoms with E-state index in [9.17, 15) is 13.2 Å². The van der Waals surface area contributed by atoms with Gasteiger partial charge in [-0.05, 0) is 37.8 Å². The van der Waals surface area contributed by atoms with Crippen LogP contribution in [0.3, 0.4) is 0 Å². The Hall–Kier alpha value is -1.05. The van der Waals surface area contributed by atoms with Crippen molar-refractivity contribution in [1.82, 2.24) is 9.62 Å². The molecule has 1 amide bonds. The molecule has 0 radical (unpaired) electrons. The highest BCUT2D eigenvalue weighted by atomic mass is 32.2. The number of nitrogens with zero attached hydrogens (tertiary/aromatic N) is 1. The average molecular weight is 411 g/mol. The van der Waals surface area contributed by atoms with E-state index >= 15 is 0 Å². The number of benzene rings is 1. The Morgan fingerprint density at radius 1 is 1.07 bits per heavy atom. The highest BCUT2D eigenvalue weighted by Crippen LogP contribution is 2.28. The molecule has 1 aromatic rings. The second-order valence-corrected chi connectivity index (χ2v) is 10.8. The first-order chi connectivity index (χ1) is 13.1. The lowest BCUT2D eigenvalue weighted by Gasteiger charge is -2.31. The van der Waals surface area contributed by atoms with E-state index in [1.54, 1.807) is 30.3 Å². The van der Waals surface area contributed by atoms with Gasteiger partial charge in [0.25, 0.3) is 0 Å². The van der Waals surface area contributed by atoms with Gasteiger partial charge in [-0.3, -0.25) is 4.79 Å². The third kappa shape index (κ3) is 5.72. The zero-order valence-electron chi connectivity index (χ0n) is 15.8. The van der Waals surface area contributed by atoms with Gasteiger partial charge in [-0.25, -0.2) is 8.42 Å². The van der Waals surface area contributed by atoms with Gasteiger partial charge >= 0.3 is 0 Å². The third-order valence-corrected chi connectivity index (χ3v) is 8.70. The number of nitrogens with one attached hydrogen (secondary N) is 1. The SMILES string of the molecule is O=C(NCCSC1CCCCC1)[C@H]1CCCN(S(=O)(=O)c2ccccc2)C1. The van der Waals surface area contributed by atoms with E-state index in [1.165, 1.54) is 36.4 Å². The Morgan fingerprint density at radius 3 is 2.56 bits per heavy atom. The van der Waals surface area contributed by atoms with E-state index in [4.69, 9.17) is 0 Å². The van der Waals surface area contributed by atoms with Crippen molar-refractivity contribution >= 4 is 27.7 Å². The number of rotatable bonds is 7. The molecule has 7 heteroatoms. The van der Waals surface area contributed by atoms with Crippen molar-refractivity contribution < 1.29 is 13.2 Å². The van der Waals surface area contributed by atoms with Crippen LogP contribution in [-0.4, -0.2) is 49.3 Å². The molecule has 2 aliphatic rings. The summed E-state index contributed by atoms with van der Waals surface area (Å²) in [5.74, 6) is 0.680. The topological polar surface area (TPSA) is 66.5 Å². The van der Waals surface area contributed by atoms with Crippen LogP contribution >= 0.6 is 11.8 Å².